The number of hydrogen-bond donors (Lipinski definition) is 0. The summed E-state index contributed by atoms with van der Waals surface area (Å²) in [5.74, 6) is 0.139. The van der Waals surface area contributed by atoms with Gasteiger partial charge in [-0.1, -0.05) is 0 Å². The molecule has 0 aliphatic carbocycles. The topological polar surface area (TPSA) is 59.9 Å². The van der Waals surface area contributed by atoms with E-state index in [1.165, 1.54) is 13.8 Å². The molecule has 0 spiro atoms. The van der Waals surface area contributed by atoms with E-state index in [9.17, 15) is 9.59 Å². The summed E-state index contributed by atoms with van der Waals surface area (Å²) in [6.45, 7) is 3.06. The first-order chi connectivity index (χ1) is 8.61. The molecule has 0 bridgehead atoms. The number of ketones is 2. The summed E-state index contributed by atoms with van der Waals surface area (Å²) in [7, 11) is 0. The number of pyridine rings is 2. The largest absolute Gasteiger partial charge is 0.295 e. The van der Waals surface area contributed by atoms with Crippen LogP contribution in [0.3, 0.4) is 0 Å². The van der Waals surface area contributed by atoms with Gasteiger partial charge in [0.2, 0.25) is 0 Å². The quantitative estimate of drug-likeness (QED) is 0.759. The maximum Gasteiger partial charge on any atom is 0.161 e. The van der Waals surface area contributed by atoms with Crippen LogP contribution in [-0.2, 0) is 0 Å². The highest BCUT2D eigenvalue weighted by Gasteiger charge is 1.94. The number of nitrogens with zero attached hydrogens (tertiary/aromatic N) is 2. The molecule has 0 radical (unpaired) electrons. The Morgan fingerprint density at radius 3 is 1.78 bits per heavy atom. The number of rotatable bonds is 2. The van der Waals surface area contributed by atoms with Crippen LogP contribution in [0.2, 0.25) is 0 Å². The minimum absolute atomic E-state index is 0.0584. The zero-order valence-electron chi connectivity index (χ0n) is 10.3. The van der Waals surface area contributed by atoms with E-state index in [0.717, 1.165) is 0 Å². The summed E-state index contributed by atoms with van der Waals surface area (Å²) in [5, 5.41) is 0. The fourth-order valence-corrected chi connectivity index (χ4v) is 1.16. The number of hydrogen-bond acceptors (Lipinski definition) is 4. The van der Waals surface area contributed by atoms with Gasteiger partial charge < -0.3 is 0 Å². The molecule has 2 heterocycles. The van der Waals surface area contributed by atoms with Gasteiger partial charge in [0, 0.05) is 35.9 Å². The molecule has 0 saturated carbocycles. The van der Waals surface area contributed by atoms with Gasteiger partial charge in [0.05, 0.1) is 0 Å². The van der Waals surface area contributed by atoms with Crippen molar-refractivity contribution in [3.05, 3.63) is 60.2 Å². The Morgan fingerprint density at radius 1 is 0.833 bits per heavy atom. The fourth-order valence-electron chi connectivity index (χ4n) is 1.16. The summed E-state index contributed by atoms with van der Waals surface area (Å²) < 4.78 is 0. The zero-order valence-corrected chi connectivity index (χ0v) is 10.3. The number of aromatic nitrogens is 2. The Morgan fingerprint density at radius 2 is 1.44 bits per heavy atom. The monoisotopic (exact) mass is 242 g/mol. The molecule has 2 aromatic heterocycles. The SMILES string of the molecule is CC(=O)c1cccnc1.CC(=O)c1ccncc1. The molecule has 0 saturated heterocycles. The number of carbonyl (C=O) groups is 2. The van der Waals surface area contributed by atoms with Crippen LogP contribution in [0.4, 0.5) is 0 Å². The van der Waals surface area contributed by atoms with Gasteiger partial charge in [-0.2, -0.15) is 0 Å². The van der Waals surface area contributed by atoms with Crippen LogP contribution in [0.25, 0.3) is 0 Å². The Balaban J connectivity index is 0.000000180. The van der Waals surface area contributed by atoms with Crippen molar-refractivity contribution < 1.29 is 9.59 Å². The molecule has 2 aromatic rings. The highest BCUT2D eigenvalue weighted by Crippen LogP contribution is 1.95. The molecule has 0 amide bonds. The van der Waals surface area contributed by atoms with Crippen LogP contribution in [0, 0.1) is 0 Å². The van der Waals surface area contributed by atoms with Crippen LogP contribution in [0.5, 0.6) is 0 Å². The summed E-state index contributed by atoms with van der Waals surface area (Å²) in [4.78, 5) is 28.8. The third-order valence-corrected chi connectivity index (χ3v) is 2.15. The number of carbonyl (C=O) groups excluding carboxylic acids is 2. The predicted molar refractivity (Wildman–Crippen MR) is 68.5 cm³/mol. The van der Waals surface area contributed by atoms with Gasteiger partial charge in [-0.05, 0) is 38.1 Å². The maximum absolute atomic E-state index is 10.6. The third-order valence-electron chi connectivity index (χ3n) is 2.15. The molecule has 18 heavy (non-hydrogen) atoms. The molecule has 0 fully saturated rings. The van der Waals surface area contributed by atoms with Crippen molar-refractivity contribution in [2.24, 2.45) is 0 Å². The standard InChI is InChI=1S/2C7H7NO/c1-6(9)7-2-4-8-5-3-7;1-6(9)7-3-2-4-8-5-7/h2*2-5H,1H3. The van der Waals surface area contributed by atoms with E-state index in [2.05, 4.69) is 9.97 Å². The molecule has 4 nitrogen and oxygen atoms in total. The molecule has 0 N–H and O–H groups in total. The minimum atomic E-state index is 0.0584. The van der Waals surface area contributed by atoms with E-state index in [1.54, 1.807) is 49.1 Å². The van der Waals surface area contributed by atoms with Gasteiger partial charge in [-0.25, -0.2) is 0 Å². The molecule has 0 aromatic carbocycles. The van der Waals surface area contributed by atoms with Crippen molar-refractivity contribution >= 4 is 11.6 Å². The van der Waals surface area contributed by atoms with Gasteiger partial charge in [0.15, 0.2) is 11.6 Å². The third kappa shape index (κ3) is 4.65. The summed E-state index contributed by atoms with van der Waals surface area (Å²) >= 11 is 0. The molecule has 0 aliphatic rings. The van der Waals surface area contributed by atoms with E-state index >= 15 is 0 Å². The Hall–Kier alpha value is -2.36. The van der Waals surface area contributed by atoms with Gasteiger partial charge in [0.1, 0.15) is 0 Å². The van der Waals surface area contributed by atoms with Gasteiger partial charge in [0.25, 0.3) is 0 Å². The minimum Gasteiger partial charge on any atom is -0.295 e. The van der Waals surface area contributed by atoms with Gasteiger partial charge in [-0.15, -0.1) is 0 Å². The lowest BCUT2D eigenvalue weighted by Crippen LogP contribution is -1.90. The van der Waals surface area contributed by atoms with Crippen LogP contribution >= 0.6 is 0 Å². The highest BCUT2D eigenvalue weighted by molar-refractivity contribution is 5.94. The predicted octanol–water partition coefficient (Wildman–Crippen LogP) is 2.57. The van der Waals surface area contributed by atoms with Crippen LogP contribution < -0.4 is 0 Å². The lowest BCUT2D eigenvalue weighted by Gasteiger charge is -1.88. The molecular weight excluding hydrogens is 228 g/mol. The Bertz CT molecular complexity index is 460. The smallest absolute Gasteiger partial charge is 0.161 e. The summed E-state index contributed by atoms with van der Waals surface area (Å²) in [5.41, 5.74) is 1.38. The van der Waals surface area contributed by atoms with Crippen molar-refractivity contribution in [1.82, 2.24) is 9.97 Å². The lowest BCUT2D eigenvalue weighted by molar-refractivity contribution is 0.100. The van der Waals surface area contributed by atoms with Crippen molar-refractivity contribution in [3.8, 4) is 0 Å². The second-order valence-corrected chi connectivity index (χ2v) is 3.59. The molecule has 92 valence electrons. The maximum atomic E-state index is 10.6. The number of Topliss-reactive ketones (excluding diaryl/α,β-unsaturated/α-hetero) is 2. The van der Waals surface area contributed by atoms with Crippen molar-refractivity contribution in [2.75, 3.05) is 0 Å². The lowest BCUT2D eigenvalue weighted by atomic mass is 10.2. The Labute approximate surface area is 106 Å². The molecule has 2 rings (SSSR count). The highest BCUT2D eigenvalue weighted by atomic mass is 16.1. The zero-order chi connectivity index (χ0) is 13.4. The first-order valence-corrected chi connectivity index (χ1v) is 5.43. The van der Waals surface area contributed by atoms with E-state index in [4.69, 9.17) is 0 Å². The van der Waals surface area contributed by atoms with Crippen molar-refractivity contribution in [1.29, 1.82) is 0 Å². The van der Waals surface area contributed by atoms with Crippen LogP contribution in [0.15, 0.2) is 49.1 Å². The average Bonchev–Trinajstić information content (AvgIpc) is 2.41. The van der Waals surface area contributed by atoms with Crippen molar-refractivity contribution in [2.45, 2.75) is 13.8 Å². The van der Waals surface area contributed by atoms with E-state index in [1.807, 2.05) is 0 Å². The molecule has 0 unspecified atom stereocenters. The van der Waals surface area contributed by atoms with E-state index in [-0.39, 0.29) is 11.6 Å². The average molecular weight is 242 g/mol. The summed E-state index contributed by atoms with van der Waals surface area (Å²) in [6.07, 6.45) is 6.42. The van der Waals surface area contributed by atoms with Crippen molar-refractivity contribution in [3.63, 3.8) is 0 Å². The summed E-state index contributed by atoms with van der Waals surface area (Å²) in [6, 6.07) is 6.89. The van der Waals surface area contributed by atoms with E-state index < -0.39 is 0 Å². The molecule has 0 aliphatic heterocycles. The van der Waals surface area contributed by atoms with Gasteiger partial charge in [-0.3, -0.25) is 19.6 Å². The Kier molecular flexibility index (Phi) is 5.38. The van der Waals surface area contributed by atoms with Gasteiger partial charge >= 0.3 is 0 Å². The first kappa shape index (κ1) is 13.7. The molecule has 0 atom stereocenters. The normalized spacial score (nSPS) is 9.00. The second kappa shape index (κ2) is 7.06. The fraction of sp³-hybridized carbons (Fsp3) is 0.143. The molecular formula is C14H14N2O2. The molecule has 4 heteroatoms. The second-order valence-electron chi connectivity index (χ2n) is 3.59. The van der Waals surface area contributed by atoms with Crippen LogP contribution in [0.1, 0.15) is 34.6 Å². The van der Waals surface area contributed by atoms with E-state index in [0.29, 0.717) is 11.1 Å². The first-order valence-electron chi connectivity index (χ1n) is 5.43. The van der Waals surface area contributed by atoms with Crippen LogP contribution in [-0.4, -0.2) is 21.5 Å².